The molecule has 0 aromatic carbocycles. The van der Waals surface area contributed by atoms with Crippen LogP contribution in [0.3, 0.4) is 0 Å². The molecule has 27 heavy (non-hydrogen) atoms. The number of amides is 1. The molecule has 2 aromatic rings. The average molecular weight is 533 g/mol. The predicted molar refractivity (Wildman–Crippen MR) is 116 cm³/mol. The first-order valence-electron chi connectivity index (χ1n) is 8.77. The van der Waals surface area contributed by atoms with E-state index in [2.05, 4.69) is 63.8 Å². The zero-order chi connectivity index (χ0) is 19.0. The normalized spacial score (nSPS) is 20.8. The zero-order valence-electron chi connectivity index (χ0n) is 14.5. The highest BCUT2D eigenvalue weighted by Crippen LogP contribution is 2.46. The van der Waals surface area contributed by atoms with Gasteiger partial charge in [0, 0.05) is 50.3 Å². The van der Waals surface area contributed by atoms with Crippen LogP contribution in [0.2, 0.25) is 0 Å². The van der Waals surface area contributed by atoms with Crippen molar-refractivity contribution in [1.82, 2.24) is 15.1 Å². The van der Waals surface area contributed by atoms with Gasteiger partial charge >= 0.3 is 0 Å². The fourth-order valence-electron chi connectivity index (χ4n) is 3.66. The first-order valence-corrected chi connectivity index (χ1v) is 12.1. The third-order valence-electron chi connectivity index (χ3n) is 5.03. The summed E-state index contributed by atoms with van der Waals surface area (Å²) in [6.07, 6.45) is 0.343. The Kier molecular flexibility index (Phi) is 6.15. The number of nitrogens with one attached hydrogen (secondary N) is 1. The van der Waals surface area contributed by atoms with Crippen LogP contribution in [0.4, 0.5) is 0 Å². The lowest BCUT2D eigenvalue weighted by atomic mass is 10.2. The summed E-state index contributed by atoms with van der Waals surface area (Å²) in [6, 6.07) is 1.94. The highest BCUT2D eigenvalue weighted by molar-refractivity contribution is 9.12. The third-order valence-corrected chi connectivity index (χ3v) is 8.34. The summed E-state index contributed by atoms with van der Waals surface area (Å²) in [5.74, 6) is 0.0762. The summed E-state index contributed by atoms with van der Waals surface area (Å²) >= 11 is 10.2. The molecule has 0 saturated carbocycles. The van der Waals surface area contributed by atoms with Gasteiger partial charge in [-0.05, 0) is 54.2 Å². The number of carbonyl (C=O) groups is 2. The Morgan fingerprint density at radius 3 is 2.63 bits per heavy atom. The van der Waals surface area contributed by atoms with Gasteiger partial charge in [-0.25, -0.2) is 0 Å². The molecule has 1 N–H and O–H groups in total. The molecule has 4 rings (SSSR count). The topological polar surface area (TPSA) is 52.7 Å². The van der Waals surface area contributed by atoms with Crippen molar-refractivity contribution < 1.29 is 9.59 Å². The second-order valence-corrected chi connectivity index (χ2v) is 11.3. The molecule has 3 heterocycles. The van der Waals surface area contributed by atoms with Gasteiger partial charge in [0.1, 0.15) is 0 Å². The minimum atomic E-state index is -0.225. The molecule has 1 aliphatic carbocycles. The molecule has 2 aromatic heterocycles. The Bertz CT molecular complexity index is 845. The Labute approximate surface area is 183 Å². The number of thiophene rings is 2. The molecule has 1 amide bonds. The van der Waals surface area contributed by atoms with E-state index < -0.39 is 0 Å². The van der Waals surface area contributed by atoms with E-state index in [9.17, 15) is 9.59 Å². The molecule has 1 atom stereocenters. The molecule has 0 radical (unpaired) electrons. The summed E-state index contributed by atoms with van der Waals surface area (Å²) < 4.78 is 1.76. The van der Waals surface area contributed by atoms with E-state index in [1.807, 2.05) is 0 Å². The minimum absolute atomic E-state index is 0.0128. The number of hydrogen-bond donors (Lipinski definition) is 1. The summed E-state index contributed by atoms with van der Waals surface area (Å²) in [4.78, 5) is 29.4. The number of hydrogen-bond acceptors (Lipinski definition) is 6. The van der Waals surface area contributed by atoms with Crippen molar-refractivity contribution in [3.8, 4) is 0 Å². The number of fused-ring (bicyclic) bond motifs is 1. The van der Waals surface area contributed by atoms with E-state index in [4.69, 9.17) is 0 Å². The summed E-state index contributed by atoms with van der Waals surface area (Å²) in [5, 5.41) is 7.36. The van der Waals surface area contributed by atoms with Gasteiger partial charge in [0.25, 0.3) is 0 Å². The van der Waals surface area contributed by atoms with E-state index in [1.54, 1.807) is 11.3 Å². The monoisotopic (exact) mass is 531 g/mol. The first-order chi connectivity index (χ1) is 13.0. The van der Waals surface area contributed by atoms with E-state index in [1.165, 1.54) is 16.9 Å². The van der Waals surface area contributed by atoms with Gasteiger partial charge in [-0.3, -0.25) is 19.4 Å². The molecule has 2 aliphatic rings. The largest absolute Gasteiger partial charge is 0.348 e. The van der Waals surface area contributed by atoms with E-state index in [-0.39, 0.29) is 17.7 Å². The lowest BCUT2D eigenvalue weighted by Crippen LogP contribution is -2.49. The molecule has 1 saturated heterocycles. The average Bonchev–Trinajstić information content (AvgIpc) is 3.30. The summed E-state index contributed by atoms with van der Waals surface area (Å²) in [7, 11) is 0. The number of ketones is 1. The standard InChI is InChI=1S/C18H19Br2N3O2S2/c19-17-15-12(7-13(24)16(15)18(20)27-17)21-14(25)9-23-4-2-22(3-5-23)8-11-1-6-26-10-11/h1,6,10,12H,2-5,7-9H2,(H,21,25). The maximum atomic E-state index is 12.5. The lowest BCUT2D eigenvalue weighted by Gasteiger charge is -2.34. The van der Waals surface area contributed by atoms with Crippen LogP contribution in [-0.4, -0.2) is 54.2 Å². The van der Waals surface area contributed by atoms with Gasteiger partial charge in [-0.2, -0.15) is 11.3 Å². The van der Waals surface area contributed by atoms with Crippen LogP contribution in [0.15, 0.2) is 24.4 Å². The smallest absolute Gasteiger partial charge is 0.234 e. The number of nitrogens with zero attached hydrogens (tertiary/aromatic N) is 2. The fourth-order valence-corrected chi connectivity index (χ4v) is 7.69. The van der Waals surface area contributed by atoms with Gasteiger partial charge in [0.15, 0.2) is 5.78 Å². The van der Waals surface area contributed by atoms with Crippen molar-refractivity contribution >= 4 is 66.2 Å². The van der Waals surface area contributed by atoms with Gasteiger partial charge in [-0.15, -0.1) is 11.3 Å². The van der Waals surface area contributed by atoms with Crippen LogP contribution >= 0.6 is 54.5 Å². The second-order valence-electron chi connectivity index (χ2n) is 6.87. The highest BCUT2D eigenvalue weighted by atomic mass is 79.9. The van der Waals surface area contributed by atoms with Gasteiger partial charge in [0.05, 0.1) is 20.2 Å². The Morgan fingerprint density at radius 2 is 1.93 bits per heavy atom. The fraction of sp³-hybridized carbons (Fsp3) is 0.444. The van der Waals surface area contributed by atoms with Crippen LogP contribution < -0.4 is 5.32 Å². The summed E-state index contributed by atoms with van der Waals surface area (Å²) in [5.41, 5.74) is 3.01. The van der Waals surface area contributed by atoms with Crippen molar-refractivity contribution in [2.24, 2.45) is 0 Å². The van der Waals surface area contributed by atoms with Crippen molar-refractivity contribution in [1.29, 1.82) is 0 Å². The quantitative estimate of drug-likeness (QED) is 0.634. The Hall–Kier alpha value is -0.580. The molecule has 1 fully saturated rings. The van der Waals surface area contributed by atoms with Crippen LogP contribution in [0.1, 0.15) is 33.9 Å². The Balaban J connectivity index is 1.28. The van der Waals surface area contributed by atoms with E-state index in [0.29, 0.717) is 13.0 Å². The van der Waals surface area contributed by atoms with Crippen LogP contribution in [0, 0.1) is 0 Å². The number of halogens is 2. The molecular weight excluding hydrogens is 514 g/mol. The van der Waals surface area contributed by atoms with Gasteiger partial charge in [0.2, 0.25) is 5.91 Å². The van der Waals surface area contributed by atoms with Crippen molar-refractivity contribution in [2.45, 2.75) is 19.0 Å². The Morgan fingerprint density at radius 1 is 1.19 bits per heavy atom. The maximum absolute atomic E-state index is 12.5. The van der Waals surface area contributed by atoms with Crippen molar-refractivity contribution in [2.75, 3.05) is 32.7 Å². The van der Waals surface area contributed by atoms with E-state index >= 15 is 0 Å². The molecule has 1 aliphatic heterocycles. The van der Waals surface area contributed by atoms with Gasteiger partial charge in [-0.1, -0.05) is 0 Å². The number of piperazine rings is 1. The van der Waals surface area contributed by atoms with Crippen molar-refractivity contribution in [3.05, 3.63) is 41.1 Å². The maximum Gasteiger partial charge on any atom is 0.234 e. The van der Waals surface area contributed by atoms with Crippen LogP contribution in [0.25, 0.3) is 0 Å². The molecule has 9 heteroatoms. The minimum Gasteiger partial charge on any atom is -0.348 e. The molecule has 144 valence electrons. The predicted octanol–water partition coefficient (Wildman–Crippen LogP) is 3.90. The number of Topliss-reactive ketones (excluding diaryl/α,β-unsaturated/α-hetero) is 1. The number of carbonyl (C=O) groups excluding carboxylic acids is 2. The van der Waals surface area contributed by atoms with Crippen LogP contribution in [-0.2, 0) is 11.3 Å². The summed E-state index contributed by atoms with van der Waals surface area (Å²) in [6.45, 7) is 5.09. The molecule has 1 unspecified atom stereocenters. The highest BCUT2D eigenvalue weighted by Gasteiger charge is 2.36. The molecule has 0 bridgehead atoms. The second kappa shape index (κ2) is 8.42. The SMILES string of the molecule is O=C(CN1CCN(Cc2ccsc2)CC1)NC1CC(=O)c2c(Br)sc(Br)c21. The zero-order valence-corrected chi connectivity index (χ0v) is 19.3. The van der Waals surface area contributed by atoms with Gasteiger partial charge < -0.3 is 5.32 Å². The first kappa shape index (κ1) is 19.7. The van der Waals surface area contributed by atoms with Crippen LogP contribution in [0.5, 0.6) is 0 Å². The molecular formula is C18H19Br2N3O2S2. The number of rotatable bonds is 5. The third kappa shape index (κ3) is 4.38. The van der Waals surface area contributed by atoms with E-state index in [0.717, 1.165) is 51.4 Å². The molecule has 5 nitrogen and oxygen atoms in total. The molecule has 0 spiro atoms. The lowest BCUT2D eigenvalue weighted by molar-refractivity contribution is -0.123. The van der Waals surface area contributed by atoms with Crippen molar-refractivity contribution in [3.63, 3.8) is 0 Å².